The first-order valence-electron chi connectivity index (χ1n) is 6.48. The van der Waals surface area contributed by atoms with Crippen molar-refractivity contribution in [3.8, 4) is 11.5 Å². The molecular formula is C14H19NO4. The summed E-state index contributed by atoms with van der Waals surface area (Å²) in [7, 11) is 1.62. The maximum Gasteiger partial charge on any atom is 0.257 e. The molecule has 0 radical (unpaired) electrons. The second-order valence-electron chi connectivity index (χ2n) is 5.04. The molecule has 5 nitrogen and oxygen atoms in total. The lowest BCUT2D eigenvalue weighted by Crippen LogP contribution is -2.46. The van der Waals surface area contributed by atoms with Crippen molar-refractivity contribution in [2.75, 3.05) is 7.05 Å². The fourth-order valence-electron chi connectivity index (χ4n) is 2.58. The molecule has 0 spiro atoms. The molecule has 104 valence electrons. The Hall–Kier alpha value is -1.75. The van der Waals surface area contributed by atoms with Crippen LogP contribution in [0.3, 0.4) is 0 Å². The molecule has 19 heavy (non-hydrogen) atoms. The van der Waals surface area contributed by atoms with Crippen LogP contribution in [0, 0.1) is 0 Å². The van der Waals surface area contributed by atoms with E-state index in [9.17, 15) is 20.1 Å². The van der Waals surface area contributed by atoms with Crippen molar-refractivity contribution in [2.45, 2.75) is 37.8 Å². The largest absolute Gasteiger partial charge is 0.508 e. The van der Waals surface area contributed by atoms with Crippen molar-refractivity contribution in [3.63, 3.8) is 0 Å². The zero-order valence-corrected chi connectivity index (χ0v) is 10.9. The first kappa shape index (κ1) is 13.7. The number of carbonyl (C=O) groups is 1. The van der Waals surface area contributed by atoms with Crippen LogP contribution >= 0.6 is 0 Å². The quantitative estimate of drug-likeness (QED) is 0.707. The summed E-state index contributed by atoms with van der Waals surface area (Å²) < 4.78 is 0. The standard InChI is InChI=1S/C14H19NO4/c1-15(11-4-2-3-5-13(11)18)14(19)10-8-9(16)6-7-12(10)17/h6-8,11,13,16-18H,2-5H2,1H3. The lowest BCUT2D eigenvalue weighted by molar-refractivity contribution is 0.0266. The number of hydrogen-bond donors (Lipinski definition) is 3. The van der Waals surface area contributed by atoms with Crippen LogP contribution < -0.4 is 0 Å². The van der Waals surface area contributed by atoms with E-state index < -0.39 is 6.10 Å². The number of benzene rings is 1. The smallest absolute Gasteiger partial charge is 0.257 e. The van der Waals surface area contributed by atoms with Crippen molar-refractivity contribution in [1.29, 1.82) is 0 Å². The fraction of sp³-hybridized carbons (Fsp3) is 0.500. The summed E-state index contributed by atoms with van der Waals surface area (Å²) in [6, 6.07) is 3.61. The van der Waals surface area contributed by atoms with Crippen molar-refractivity contribution in [3.05, 3.63) is 23.8 Å². The van der Waals surface area contributed by atoms with E-state index in [1.54, 1.807) is 7.05 Å². The fourth-order valence-corrected chi connectivity index (χ4v) is 2.58. The molecule has 2 atom stereocenters. The highest BCUT2D eigenvalue weighted by molar-refractivity contribution is 5.97. The van der Waals surface area contributed by atoms with Gasteiger partial charge in [0.25, 0.3) is 5.91 Å². The molecule has 0 bridgehead atoms. The van der Waals surface area contributed by atoms with E-state index in [1.165, 1.54) is 23.1 Å². The number of likely N-dealkylation sites (N-methyl/N-ethyl adjacent to an activating group) is 1. The van der Waals surface area contributed by atoms with Gasteiger partial charge in [0.15, 0.2) is 0 Å². The van der Waals surface area contributed by atoms with Crippen LogP contribution in [-0.4, -0.2) is 45.3 Å². The van der Waals surface area contributed by atoms with Crippen LogP contribution in [0.1, 0.15) is 36.0 Å². The van der Waals surface area contributed by atoms with E-state index in [1.807, 2.05) is 0 Å². The average Bonchev–Trinajstić information content (AvgIpc) is 2.40. The van der Waals surface area contributed by atoms with E-state index in [0.29, 0.717) is 6.42 Å². The van der Waals surface area contributed by atoms with Gasteiger partial charge in [0.1, 0.15) is 11.5 Å². The molecule has 1 aromatic rings. The summed E-state index contributed by atoms with van der Waals surface area (Å²) in [4.78, 5) is 13.8. The monoisotopic (exact) mass is 265 g/mol. The second kappa shape index (κ2) is 5.48. The van der Waals surface area contributed by atoms with Crippen molar-refractivity contribution < 1.29 is 20.1 Å². The van der Waals surface area contributed by atoms with Crippen molar-refractivity contribution in [2.24, 2.45) is 0 Å². The summed E-state index contributed by atoms with van der Waals surface area (Å²) in [5, 5.41) is 29.0. The predicted octanol–water partition coefficient (Wildman–Crippen LogP) is 1.47. The molecule has 1 aliphatic rings. The van der Waals surface area contributed by atoms with E-state index >= 15 is 0 Å². The minimum Gasteiger partial charge on any atom is -0.508 e. The molecule has 3 N–H and O–H groups in total. The molecule has 1 saturated carbocycles. The van der Waals surface area contributed by atoms with E-state index in [0.717, 1.165) is 19.3 Å². The van der Waals surface area contributed by atoms with Crippen LogP contribution in [0.15, 0.2) is 18.2 Å². The van der Waals surface area contributed by atoms with Crippen LogP contribution in [0.25, 0.3) is 0 Å². The molecule has 0 saturated heterocycles. The first-order valence-corrected chi connectivity index (χ1v) is 6.48. The zero-order chi connectivity index (χ0) is 14.0. The number of aliphatic hydroxyl groups is 1. The topological polar surface area (TPSA) is 81.0 Å². The van der Waals surface area contributed by atoms with E-state index in [-0.39, 0.29) is 29.0 Å². The Balaban J connectivity index is 2.20. The molecule has 5 heteroatoms. The predicted molar refractivity (Wildman–Crippen MR) is 70.1 cm³/mol. The van der Waals surface area contributed by atoms with Gasteiger partial charge in [-0.05, 0) is 31.0 Å². The van der Waals surface area contributed by atoms with E-state index in [2.05, 4.69) is 0 Å². The van der Waals surface area contributed by atoms with Gasteiger partial charge >= 0.3 is 0 Å². The number of rotatable bonds is 2. The maximum atomic E-state index is 12.3. The number of aromatic hydroxyl groups is 2. The van der Waals surface area contributed by atoms with Crippen LogP contribution in [0.4, 0.5) is 0 Å². The molecule has 1 amide bonds. The number of phenolic OH excluding ortho intramolecular Hbond substituents is 2. The molecule has 1 aliphatic carbocycles. The lowest BCUT2D eigenvalue weighted by atomic mass is 9.91. The summed E-state index contributed by atoms with van der Waals surface area (Å²) in [6.45, 7) is 0. The van der Waals surface area contributed by atoms with Gasteiger partial charge in [0, 0.05) is 7.05 Å². The number of phenols is 2. The highest BCUT2D eigenvalue weighted by Crippen LogP contribution is 2.27. The molecule has 1 fully saturated rings. The van der Waals surface area contributed by atoms with E-state index in [4.69, 9.17) is 0 Å². The van der Waals surface area contributed by atoms with Gasteiger partial charge in [-0.2, -0.15) is 0 Å². The van der Waals surface area contributed by atoms with Gasteiger partial charge in [-0.25, -0.2) is 0 Å². The number of aliphatic hydroxyl groups excluding tert-OH is 1. The Labute approximate surface area is 112 Å². The molecule has 0 aromatic heterocycles. The zero-order valence-electron chi connectivity index (χ0n) is 10.9. The lowest BCUT2D eigenvalue weighted by Gasteiger charge is -2.35. The number of hydrogen-bond acceptors (Lipinski definition) is 4. The molecular weight excluding hydrogens is 246 g/mol. The van der Waals surface area contributed by atoms with Crippen molar-refractivity contribution in [1.82, 2.24) is 4.90 Å². The highest BCUT2D eigenvalue weighted by Gasteiger charge is 2.30. The minimum absolute atomic E-state index is 0.0558. The van der Waals surface area contributed by atoms with Gasteiger partial charge < -0.3 is 20.2 Å². The molecule has 2 unspecified atom stereocenters. The summed E-state index contributed by atoms with van der Waals surface area (Å²) >= 11 is 0. The Morgan fingerprint density at radius 3 is 2.63 bits per heavy atom. The number of amides is 1. The van der Waals surface area contributed by atoms with Gasteiger partial charge in [0.05, 0.1) is 17.7 Å². The third kappa shape index (κ3) is 2.81. The first-order chi connectivity index (χ1) is 9.00. The van der Waals surface area contributed by atoms with Gasteiger partial charge in [0.2, 0.25) is 0 Å². The maximum absolute atomic E-state index is 12.3. The Bertz CT molecular complexity index is 475. The second-order valence-corrected chi connectivity index (χ2v) is 5.04. The van der Waals surface area contributed by atoms with Crippen LogP contribution in [-0.2, 0) is 0 Å². The van der Waals surface area contributed by atoms with Crippen LogP contribution in [0.5, 0.6) is 11.5 Å². The average molecular weight is 265 g/mol. The third-order valence-corrected chi connectivity index (χ3v) is 3.72. The third-order valence-electron chi connectivity index (χ3n) is 3.72. The van der Waals surface area contributed by atoms with Gasteiger partial charge in [-0.15, -0.1) is 0 Å². The SMILES string of the molecule is CN(C(=O)c1cc(O)ccc1O)C1CCCCC1O. The number of carbonyl (C=O) groups excluding carboxylic acids is 1. The molecule has 0 heterocycles. The van der Waals surface area contributed by atoms with Crippen molar-refractivity contribution >= 4 is 5.91 Å². The Kier molecular flexibility index (Phi) is 3.95. The highest BCUT2D eigenvalue weighted by atomic mass is 16.3. The van der Waals surface area contributed by atoms with Crippen LogP contribution in [0.2, 0.25) is 0 Å². The number of nitrogens with zero attached hydrogens (tertiary/aromatic N) is 1. The molecule has 1 aromatic carbocycles. The molecule has 0 aliphatic heterocycles. The minimum atomic E-state index is -0.526. The summed E-state index contributed by atoms with van der Waals surface area (Å²) in [5.74, 6) is -0.627. The summed E-state index contributed by atoms with van der Waals surface area (Å²) in [5.41, 5.74) is 0.0558. The Morgan fingerprint density at radius 2 is 1.95 bits per heavy atom. The normalized spacial score (nSPS) is 23.1. The summed E-state index contributed by atoms with van der Waals surface area (Å²) in [6.07, 6.45) is 2.86. The molecule has 2 rings (SSSR count). The van der Waals surface area contributed by atoms with Gasteiger partial charge in [-0.3, -0.25) is 4.79 Å². The van der Waals surface area contributed by atoms with Gasteiger partial charge in [-0.1, -0.05) is 12.8 Å². The Morgan fingerprint density at radius 1 is 1.26 bits per heavy atom.